The van der Waals surface area contributed by atoms with Gasteiger partial charge in [-0.25, -0.2) is 4.18 Å². The fraction of sp³-hybridized carbons (Fsp3) is 0.500. The van der Waals surface area contributed by atoms with Crippen LogP contribution in [-0.4, -0.2) is 25.4 Å². The number of benzene rings is 1. The van der Waals surface area contributed by atoms with E-state index in [1.165, 1.54) is 0 Å². The number of rotatable bonds is 8. The topological polar surface area (TPSA) is 80.7 Å². The Morgan fingerprint density at radius 2 is 1.85 bits per heavy atom. The van der Waals surface area contributed by atoms with Gasteiger partial charge in [-0.1, -0.05) is 44.2 Å². The van der Waals surface area contributed by atoms with Crippen molar-refractivity contribution in [2.24, 2.45) is 11.8 Å². The fourth-order valence-electron chi connectivity index (χ4n) is 1.84. The van der Waals surface area contributed by atoms with E-state index >= 15 is 0 Å². The molecule has 0 spiro atoms. The number of hydrogen-bond acceptors (Lipinski definition) is 4. The van der Waals surface area contributed by atoms with Gasteiger partial charge >= 0.3 is 10.4 Å². The maximum absolute atomic E-state index is 11.8. The summed E-state index contributed by atoms with van der Waals surface area (Å²) >= 11 is 0. The van der Waals surface area contributed by atoms with Gasteiger partial charge in [0.05, 0.1) is 6.61 Å². The highest BCUT2D eigenvalue weighted by Gasteiger charge is 2.19. The minimum absolute atomic E-state index is 0.0462. The first-order valence-electron chi connectivity index (χ1n) is 6.46. The third-order valence-corrected chi connectivity index (χ3v) is 3.39. The number of ketones is 1. The van der Waals surface area contributed by atoms with Gasteiger partial charge in [-0.15, -0.1) is 0 Å². The maximum atomic E-state index is 11.8. The molecule has 0 saturated heterocycles. The molecule has 0 bridgehead atoms. The lowest BCUT2D eigenvalue weighted by atomic mass is 9.92. The lowest BCUT2D eigenvalue weighted by molar-refractivity contribution is -0.123. The summed E-state index contributed by atoms with van der Waals surface area (Å²) in [5.41, 5.74) is 0.994. The van der Waals surface area contributed by atoms with E-state index in [4.69, 9.17) is 4.55 Å². The number of carbonyl (C=O) groups excluding carboxylic acids is 1. The van der Waals surface area contributed by atoms with Crippen molar-refractivity contribution < 1.29 is 21.9 Å². The highest BCUT2D eigenvalue weighted by Crippen LogP contribution is 2.16. The summed E-state index contributed by atoms with van der Waals surface area (Å²) in [4.78, 5) is 11.8. The van der Waals surface area contributed by atoms with E-state index in [0.717, 1.165) is 5.56 Å². The normalized spacial score (nSPS) is 13.4. The Hall–Kier alpha value is -1.24. The third kappa shape index (κ3) is 6.79. The Bertz CT molecular complexity index is 522. The van der Waals surface area contributed by atoms with Crippen LogP contribution in [-0.2, 0) is 25.8 Å². The zero-order valence-electron chi connectivity index (χ0n) is 11.7. The molecule has 5 nitrogen and oxygen atoms in total. The molecule has 0 heterocycles. The Kier molecular flexibility index (Phi) is 6.32. The maximum Gasteiger partial charge on any atom is 0.397 e. The summed E-state index contributed by atoms with van der Waals surface area (Å²) in [6, 6.07) is 9.44. The third-order valence-electron chi connectivity index (χ3n) is 2.95. The summed E-state index contributed by atoms with van der Waals surface area (Å²) in [5, 5.41) is 0. The zero-order chi connectivity index (χ0) is 15.2. The molecule has 0 fully saturated rings. The van der Waals surface area contributed by atoms with Crippen molar-refractivity contribution in [2.75, 3.05) is 6.61 Å². The second-order valence-electron chi connectivity index (χ2n) is 5.09. The summed E-state index contributed by atoms with van der Waals surface area (Å²) in [7, 11) is -4.48. The molecule has 0 radical (unpaired) electrons. The molecule has 0 saturated carbocycles. The first-order chi connectivity index (χ1) is 9.28. The quantitative estimate of drug-likeness (QED) is 0.745. The van der Waals surface area contributed by atoms with Crippen molar-refractivity contribution in [3.8, 4) is 0 Å². The Balaban J connectivity index is 2.70. The SMILES string of the molecule is CC(C)C(=O)C[C@H](COS(=O)(=O)O)Cc1ccccc1. The molecule has 0 unspecified atom stereocenters. The van der Waals surface area contributed by atoms with E-state index in [9.17, 15) is 13.2 Å². The standard InChI is InChI=1S/C14H20O5S/c1-11(2)14(15)9-13(10-19-20(16,17)18)8-12-6-4-3-5-7-12/h3-7,11,13H,8-10H2,1-2H3,(H,16,17,18)/t13-/m1/s1. The highest BCUT2D eigenvalue weighted by atomic mass is 32.3. The molecule has 1 aromatic carbocycles. The van der Waals surface area contributed by atoms with E-state index in [-0.39, 0.29) is 30.6 Å². The zero-order valence-corrected chi connectivity index (χ0v) is 12.5. The molecule has 112 valence electrons. The number of Topliss-reactive ketones (excluding diaryl/α,β-unsaturated/α-hetero) is 1. The molecule has 1 aromatic rings. The van der Waals surface area contributed by atoms with Crippen LogP contribution in [0.4, 0.5) is 0 Å². The van der Waals surface area contributed by atoms with Crippen LogP contribution in [0.3, 0.4) is 0 Å². The minimum atomic E-state index is -4.48. The first-order valence-corrected chi connectivity index (χ1v) is 7.83. The largest absolute Gasteiger partial charge is 0.397 e. The van der Waals surface area contributed by atoms with Crippen molar-refractivity contribution >= 4 is 16.2 Å². The Labute approximate surface area is 119 Å². The molecular weight excluding hydrogens is 280 g/mol. The summed E-state index contributed by atoms with van der Waals surface area (Å²) < 4.78 is 34.4. The molecular formula is C14H20O5S. The van der Waals surface area contributed by atoms with Gasteiger partial charge in [0.1, 0.15) is 5.78 Å². The Morgan fingerprint density at radius 1 is 1.25 bits per heavy atom. The molecule has 1 atom stereocenters. The van der Waals surface area contributed by atoms with E-state index in [0.29, 0.717) is 6.42 Å². The number of carbonyl (C=O) groups is 1. The average molecular weight is 300 g/mol. The van der Waals surface area contributed by atoms with Gasteiger partial charge in [0.15, 0.2) is 0 Å². The van der Waals surface area contributed by atoms with E-state index < -0.39 is 10.4 Å². The smallest absolute Gasteiger partial charge is 0.299 e. The van der Waals surface area contributed by atoms with Gasteiger partial charge in [0, 0.05) is 12.3 Å². The van der Waals surface area contributed by atoms with Crippen molar-refractivity contribution in [1.82, 2.24) is 0 Å². The Morgan fingerprint density at radius 3 is 2.35 bits per heavy atom. The van der Waals surface area contributed by atoms with Gasteiger partial charge in [-0.05, 0) is 17.9 Å². The monoisotopic (exact) mass is 300 g/mol. The van der Waals surface area contributed by atoms with Gasteiger partial charge in [0.25, 0.3) is 0 Å². The predicted molar refractivity (Wildman–Crippen MR) is 75.6 cm³/mol. The molecule has 0 aliphatic carbocycles. The van der Waals surface area contributed by atoms with Crippen LogP contribution in [0, 0.1) is 11.8 Å². The van der Waals surface area contributed by atoms with Crippen LogP contribution in [0.2, 0.25) is 0 Å². The van der Waals surface area contributed by atoms with Gasteiger partial charge in [0.2, 0.25) is 0 Å². The minimum Gasteiger partial charge on any atom is -0.299 e. The first kappa shape index (κ1) is 16.8. The van der Waals surface area contributed by atoms with Crippen LogP contribution in [0.15, 0.2) is 30.3 Å². The molecule has 0 aliphatic heterocycles. The average Bonchev–Trinajstić information content (AvgIpc) is 2.36. The van der Waals surface area contributed by atoms with Crippen molar-refractivity contribution in [1.29, 1.82) is 0 Å². The molecule has 0 aliphatic rings. The van der Waals surface area contributed by atoms with E-state index in [2.05, 4.69) is 4.18 Å². The molecule has 6 heteroatoms. The van der Waals surface area contributed by atoms with Gasteiger partial charge < -0.3 is 0 Å². The summed E-state index contributed by atoms with van der Waals surface area (Å²) in [5.74, 6) is -0.349. The predicted octanol–water partition coefficient (Wildman–Crippen LogP) is 2.28. The van der Waals surface area contributed by atoms with Crippen LogP contribution in [0.1, 0.15) is 25.8 Å². The van der Waals surface area contributed by atoms with Crippen LogP contribution >= 0.6 is 0 Å². The molecule has 1 rings (SSSR count). The second-order valence-corrected chi connectivity index (χ2v) is 6.18. The van der Waals surface area contributed by atoms with Crippen LogP contribution < -0.4 is 0 Å². The highest BCUT2D eigenvalue weighted by molar-refractivity contribution is 7.80. The summed E-state index contributed by atoms with van der Waals surface area (Å²) in [6.07, 6.45) is 0.747. The van der Waals surface area contributed by atoms with Crippen molar-refractivity contribution in [3.05, 3.63) is 35.9 Å². The molecule has 1 N–H and O–H groups in total. The van der Waals surface area contributed by atoms with E-state index in [1.54, 1.807) is 13.8 Å². The summed E-state index contributed by atoms with van der Waals surface area (Å²) in [6.45, 7) is 3.39. The van der Waals surface area contributed by atoms with Crippen LogP contribution in [0.25, 0.3) is 0 Å². The van der Waals surface area contributed by atoms with Crippen molar-refractivity contribution in [3.63, 3.8) is 0 Å². The molecule has 0 aromatic heterocycles. The van der Waals surface area contributed by atoms with Gasteiger partial charge in [-0.2, -0.15) is 8.42 Å². The molecule has 0 amide bonds. The van der Waals surface area contributed by atoms with Crippen LogP contribution in [0.5, 0.6) is 0 Å². The fourth-order valence-corrected chi connectivity index (χ4v) is 2.20. The lowest BCUT2D eigenvalue weighted by Gasteiger charge is -2.16. The van der Waals surface area contributed by atoms with E-state index in [1.807, 2.05) is 30.3 Å². The van der Waals surface area contributed by atoms with Gasteiger partial charge in [-0.3, -0.25) is 9.35 Å². The molecule has 20 heavy (non-hydrogen) atoms. The van der Waals surface area contributed by atoms with Crippen molar-refractivity contribution in [2.45, 2.75) is 26.7 Å². The number of hydrogen-bond donors (Lipinski definition) is 1. The lowest BCUT2D eigenvalue weighted by Crippen LogP contribution is -2.21. The second kappa shape index (κ2) is 7.52.